The fraction of sp³-hybridized carbons (Fsp3) is 0. The minimum Gasteiger partial charge on any atom is -0.461 e. The van der Waals surface area contributed by atoms with E-state index < -0.39 is 5.91 Å². The highest BCUT2D eigenvalue weighted by Crippen LogP contribution is 2.22. The number of hydrogen-bond donors (Lipinski definition) is 1. The molecule has 3 heterocycles. The fourth-order valence-corrected chi connectivity index (χ4v) is 2.22. The average molecular weight is 321 g/mol. The van der Waals surface area contributed by atoms with Crippen LogP contribution in [0.15, 0.2) is 70.1 Å². The SMILES string of the molecule is O=C(Nc1ccccc1-n1ccnn1)c1cc(-c2ccco2)on1. The van der Waals surface area contributed by atoms with Crippen molar-refractivity contribution < 1.29 is 13.7 Å². The second-order valence-electron chi connectivity index (χ2n) is 4.87. The van der Waals surface area contributed by atoms with Gasteiger partial charge in [0.1, 0.15) is 0 Å². The summed E-state index contributed by atoms with van der Waals surface area (Å²) < 4.78 is 11.9. The van der Waals surface area contributed by atoms with E-state index in [0.717, 1.165) is 0 Å². The summed E-state index contributed by atoms with van der Waals surface area (Å²) in [5.74, 6) is 0.489. The molecule has 0 aliphatic rings. The monoisotopic (exact) mass is 321 g/mol. The van der Waals surface area contributed by atoms with Gasteiger partial charge in [-0.2, -0.15) is 0 Å². The highest BCUT2D eigenvalue weighted by molar-refractivity contribution is 6.04. The molecule has 0 bridgehead atoms. The van der Waals surface area contributed by atoms with Crippen LogP contribution < -0.4 is 5.32 Å². The summed E-state index contributed by atoms with van der Waals surface area (Å²) in [6, 6.07) is 12.2. The molecule has 24 heavy (non-hydrogen) atoms. The van der Waals surface area contributed by atoms with Gasteiger partial charge in [-0.25, -0.2) is 4.68 Å². The first kappa shape index (κ1) is 13.9. The van der Waals surface area contributed by atoms with E-state index >= 15 is 0 Å². The molecule has 8 nitrogen and oxygen atoms in total. The van der Waals surface area contributed by atoms with Crippen molar-refractivity contribution in [3.8, 4) is 17.2 Å². The molecule has 8 heteroatoms. The third-order valence-corrected chi connectivity index (χ3v) is 3.33. The Bertz CT molecular complexity index is 957. The summed E-state index contributed by atoms with van der Waals surface area (Å²) >= 11 is 0. The van der Waals surface area contributed by atoms with Crippen molar-refractivity contribution in [2.75, 3.05) is 5.32 Å². The number of para-hydroxylation sites is 2. The van der Waals surface area contributed by atoms with Crippen LogP contribution in [0.3, 0.4) is 0 Å². The van der Waals surface area contributed by atoms with Gasteiger partial charge in [-0.1, -0.05) is 22.5 Å². The maximum atomic E-state index is 12.4. The maximum absolute atomic E-state index is 12.4. The molecule has 0 radical (unpaired) electrons. The van der Waals surface area contributed by atoms with Gasteiger partial charge >= 0.3 is 0 Å². The van der Waals surface area contributed by atoms with E-state index in [-0.39, 0.29) is 5.69 Å². The number of carbonyl (C=O) groups excluding carboxylic acids is 1. The maximum Gasteiger partial charge on any atom is 0.277 e. The molecule has 1 amide bonds. The molecule has 1 N–H and O–H groups in total. The topological polar surface area (TPSA) is 99.0 Å². The molecule has 1 aromatic carbocycles. The quantitative estimate of drug-likeness (QED) is 0.620. The van der Waals surface area contributed by atoms with Crippen LogP contribution in [0.4, 0.5) is 5.69 Å². The molecular formula is C16H11N5O3. The Kier molecular flexibility index (Phi) is 3.39. The zero-order valence-electron chi connectivity index (χ0n) is 12.3. The number of furan rings is 1. The predicted molar refractivity (Wildman–Crippen MR) is 83.5 cm³/mol. The van der Waals surface area contributed by atoms with Gasteiger partial charge in [-0.3, -0.25) is 4.79 Å². The predicted octanol–water partition coefficient (Wildman–Crippen LogP) is 2.77. The Morgan fingerprint density at radius 3 is 2.83 bits per heavy atom. The van der Waals surface area contributed by atoms with Crippen LogP contribution >= 0.6 is 0 Å². The zero-order chi connectivity index (χ0) is 16.4. The number of carbonyl (C=O) groups is 1. The summed E-state index contributed by atoms with van der Waals surface area (Å²) in [4.78, 5) is 12.4. The van der Waals surface area contributed by atoms with Crippen LogP contribution in [-0.2, 0) is 0 Å². The van der Waals surface area contributed by atoms with Gasteiger partial charge in [0, 0.05) is 6.07 Å². The summed E-state index contributed by atoms with van der Waals surface area (Å²) in [7, 11) is 0. The van der Waals surface area contributed by atoms with Crippen LogP contribution in [0.5, 0.6) is 0 Å². The van der Waals surface area contributed by atoms with Gasteiger partial charge in [0.25, 0.3) is 5.91 Å². The third-order valence-electron chi connectivity index (χ3n) is 3.33. The molecule has 0 fully saturated rings. The van der Waals surface area contributed by atoms with Crippen molar-refractivity contribution in [1.82, 2.24) is 20.2 Å². The highest BCUT2D eigenvalue weighted by atomic mass is 16.5. The van der Waals surface area contributed by atoms with E-state index in [1.54, 1.807) is 35.3 Å². The molecule has 3 aromatic heterocycles. The number of rotatable bonds is 4. The number of nitrogens with zero attached hydrogens (tertiary/aromatic N) is 4. The molecule has 4 rings (SSSR count). The second kappa shape index (κ2) is 5.84. The van der Waals surface area contributed by atoms with Crippen LogP contribution in [0, 0.1) is 0 Å². The first-order chi connectivity index (χ1) is 11.8. The smallest absolute Gasteiger partial charge is 0.277 e. The molecule has 0 unspecified atom stereocenters. The number of aromatic nitrogens is 4. The number of benzene rings is 1. The molecule has 0 aliphatic heterocycles. The Hall–Kier alpha value is -3.68. The summed E-state index contributed by atoms with van der Waals surface area (Å²) in [6.07, 6.45) is 4.77. The Balaban J connectivity index is 1.59. The summed E-state index contributed by atoms with van der Waals surface area (Å²) in [6.45, 7) is 0. The van der Waals surface area contributed by atoms with E-state index in [4.69, 9.17) is 8.94 Å². The van der Waals surface area contributed by atoms with Crippen LogP contribution in [0.25, 0.3) is 17.2 Å². The van der Waals surface area contributed by atoms with Gasteiger partial charge in [-0.05, 0) is 24.3 Å². The largest absolute Gasteiger partial charge is 0.461 e. The Morgan fingerprint density at radius 1 is 1.12 bits per heavy atom. The number of nitrogens with one attached hydrogen (secondary N) is 1. The second-order valence-corrected chi connectivity index (χ2v) is 4.87. The number of anilines is 1. The van der Waals surface area contributed by atoms with Crippen molar-refractivity contribution in [3.63, 3.8) is 0 Å². The van der Waals surface area contributed by atoms with E-state index in [2.05, 4.69) is 20.8 Å². The highest BCUT2D eigenvalue weighted by Gasteiger charge is 2.16. The van der Waals surface area contributed by atoms with Crippen molar-refractivity contribution in [2.24, 2.45) is 0 Å². The van der Waals surface area contributed by atoms with Crippen molar-refractivity contribution in [3.05, 3.63) is 66.8 Å². The lowest BCUT2D eigenvalue weighted by molar-refractivity contribution is 0.101. The van der Waals surface area contributed by atoms with Gasteiger partial charge in [0.2, 0.25) is 5.76 Å². The van der Waals surface area contributed by atoms with Gasteiger partial charge in [0.05, 0.1) is 30.0 Å². The fourth-order valence-electron chi connectivity index (χ4n) is 2.22. The molecule has 4 aromatic rings. The lowest BCUT2D eigenvalue weighted by atomic mass is 10.2. The standard InChI is InChI=1S/C16H11N5O3/c22-16(12-10-15(24-19-12)14-6-3-9-23-14)18-11-4-1-2-5-13(11)21-8-7-17-20-21/h1-10H,(H,18,22). The van der Waals surface area contributed by atoms with Gasteiger partial charge in [-0.15, -0.1) is 5.10 Å². The van der Waals surface area contributed by atoms with Crippen molar-refractivity contribution in [2.45, 2.75) is 0 Å². The van der Waals surface area contributed by atoms with Crippen molar-refractivity contribution in [1.29, 1.82) is 0 Å². The minimum absolute atomic E-state index is 0.148. The lowest BCUT2D eigenvalue weighted by Crippen LogP contribution is -2.14. The van der Waals surface area contributed by atoms with Crippen LogP contribution in [-0.4, -0.2) is 26.1 Å². The Morgan fingerprint density at radius 2 is 2.04 bits per heavy atom. The average Bonchev–Trinajstić information content (AvgIpc) is 3.35. The Labute approximate surface area is 135 Å². The van der Waals surface area contributed by atoms with Crippen LogP contribution in [0.1, 0.15) is 10.5 Å². The molecular weight excluding hydrogens is 310 g/mol. The zero-order valence-corrected chi connectivity index (χ0v) is 12.3. The molecule has 0 saturated carbocycles. The molecule has 0 atom stereocenters. The molecule has 0 spiro atoms. The first-order valence-corrected chi connectivity index (χ1v) is 7.09. The van der Waals surface area contributed by atoms with E-state index in [1.807, 2.05) is 18.2 Å². The normalized spacial score (nSPS) is 10.7. The molecule has 0 saturated heterocycles. The van der Waals surface area contributed by atoms with Gasteiger partial charge in [0.15, 0.2) is 11.5 Å². The van der Waals surface area contributed by atoms with Crippen LogP contribution in [0.2, 0.25) is 0 Å². The van der Waals surface area contributed by atoms with Gasteiger partial charge < -0.3 is 14.3 Å². The number of amides is 1. The first-order valence-electron chi connectivity index (χ1n) is 7.09. The summed E-state index contributed by atoms with van der Waals surface area (Å²) in [5, 5.41) is 14.3. The summed E-state index contributed by atoms with van der Waals surface area (Å²) in [5.41, 5.74) is 1.42. The molecule has 0 aliphatic carbocycles. The number of hydrogen-bond acceptors (Lipinski definition) is 6. The lowest BCUT2D eigenvalue weighted by Gasteiger charge is -2.09. The van der Waals surface area contributed by atoms with Crippen molar-refractivity contribution >= 4 is 11.6 Å². The molecule has 118 valence electrons. The van der Waals surface area contributed by atoms with E-state index in [0.29, 0.717) is 22.9 Å². The van der Waals surface area contributed by atoms with E-state index in [1.165, 1.54) is 12.3 Å². The minimum atomic E-state index is -0.399. The third kappa shape index (κ3) is 2.56. The van der Waals surface area contributed by atoms with E-state index in [9.17, 15) is 4.79 Å².